The minimum atomic E-state index is -0.462. The van der Waals surface area contributed by atoms with Gasteiger partial charge in [0.25, 0.3) is 5.69 Å². The zero-order valence-corrected chi connectivity index (χ0v) is 10.0. The van der Waals surface area contributed by atoms with Crippen LogP contribution >= 0.6 is 0 Å². The van der Waals surface area contributed by atoms with Gasteiger partial charge in [-0.25, -0.2) is 15.8 Å². The van der Waals surface area contributed by atoms with Gasteiger partial charge in [0.2, 0.25) is 0 Å². The van der Waals surface area contributed by atoms with Gasteiger partial charge in [-0.15, -0.1) is 0 Å². The summed E-state index contributed by atoms with van der Waals surface area (Å²) in [5.74, 6) is 6.59. The number of rotatable bonds is 3. The van der Waals surface area contributed by atoms with E-state index >= 15 is 0 Å². The van der Waals surface area contributed by atoms with Crippen LogP contribution in [-0.4, -0.2) is 14.9 Å². The van der Waals surface area contributed by atoms with Crippen LogP contribution in [0.2, 0.25) is 0 Å². The highest BCUT2D eigenvalue weighted by Gasteiger charge is 2.13. The molecule has 18 heavy (non-hydrogen) atoms. The minimum absolute atomic E-state index is 0.0140. The van der Waals surface area contributed by atoms with Crippen molar-refractivity contribution < 1.29 is 4.92 Å². The molecule has 1 heterocycles. The molecule has 0 atom stereocenters. The highest BCUT2D eigenvalue weighted by molar-refractivity contribution is 5.90. The van der Waals surface area contributed by atoms with Crippen molar-refractivity contribution in [2.24, 2.45) is 5.84 Å². The summed E-state index contributed by atoms with van der Waals surface area (Å²) in [5.41, 5.74) is 3.08. The fourth-order valence-electron chi connectivity index (χ4n) is 1.62. The van der Waals surface area contributed by atoms with Crippen LogP contribution in [0.1, 0.15) is 25.6 Å². The number of nitro groups is 1. The fourth-order valence-corrected chi connectivity index (χ4v) is 1.62. The SMILES string of the molecule is CC(C)c1nc(NN)c2cc([N+](=O)[O-])ccc2n1. The van der Waals surface area contributed by atoms with Gasteiger partial charge in [0.1, 0.15) is 5.82 Å². The molecule has 7 nitrogen and oxygen atoms in total. The molecule has 2 rings (SSSR count). The summed E-state index contributed by atoms with van der Waals surface area (Å²) in [5, 5.41) is 11.3. The number of nitrogens with one attached hydrogen (secondary N) is 1. The number of nitrogens with two attached hydrogens (primary N) is 1. The maximum absolute atomic E-state index is 10.7. The third-order valence-corrected chi connectivity index (χ3v) is 2.56. The van der Waals surface area contributed by atoms with Crippen LogP contribution < -0.4 is 11.3 Å². The molecule has 0 unspecified atom stereocenters. The van der Waals surface area contributed by atoms with Crippen molar-refractivity contribution in [3.8, 4) is 0 Å². The lowest BCUT2D eigenvalue weighted by Gasteiger charge is -2.09. The Morgan fingerprint density at radius 2 is 2.11 bits per heavy atom. The molecule has 1 aromatic carbocycles. The molecule has 0 aliphatic heterocycles. The van der Waals surface area contributed by atoms with Gasteiger partial charge in [-0.05, 0) is 6.07 Å². The second kappa shape index (κ2) is 4.53. The van der Waals surface area contributed by atoms with Crippen LogP contribution in [0.5, 0.6) is 0 Å². The van der Waals surface area contributed by atoms with Gasteiger partial charge in [-0.1, -0.05) is 13.8 Å². The largest absolute Gasteiger partial charge is 0.308 e. The third kappa shape index (κ3) is 2.07. The van der Waals surface area contributed by atoms with Crippen molar-refractivity contribution in [1.29, 1.82) is 0 Å². The zero-order valence-electron chi connectivity index (χ0n) is 10.0. The van der Waals surface area contributed by atoms with Crippen LogP contribution in [0, 0.1) is 10.1 Å². The van der Waals surface area contributed by atoms with Gasteiger partial charge in [0, 0.05) is 18.1 Å². The third-order valence-electron chi connectivity index (χ3n) is 2.56. The Kier molecular flexibility index (Phi) is 3.07. The number of nitrogens with zero attached hydrogens (tertiary/aromatic N) is 3. The molecule has 2 aromatic rings. The highest BCUT2D eigenvalue weighted by Crippen LogP contribution is 2.26. The fraction of sp³-hybridized carbons (Fsp3) is 0.273. The summed E-state index contributed by atoms with van der Waals surface area (Å²) in [4.78, 5) is 18.9. The van der Waals surface area contributed by atoms with E-state index in [2.05, 4.69) is 15.4 Å². The van der Waals surface area contributed by atoms with Crippen LogP contribution in [0.4, 0.5) is 11.5 Å². The number of benzene rings is 1. The van der Waals surface area contributed by atoms with E-state index in [0.29, 0.717) is 22.5 Å². The number of hydrazine groups is 1. The summed E-state index contributed by atoms with van der Waals surface area (Å²) in [6.07, 6.45) is 0. The molecular weight excluding hydrogens is 234 g/mol. The second-order valence-corrected chi connectivity index (χ2v) is 4.19. The first-order valence-electron chi connectivity index (χ1n) is 5.45. The standard InChI is InChI=1S/C11H13N5O2/c1-6(2)10-13-9-4-3-7(16(17)18)5-8(9)11(14-10)15-12/h3-6H,12H2,1-2H3,(H,13,14,15). The number of nitro benzene ring substituents is 1. The predicted molar refractivity (Wildman–Crippen MR) is 68.1 cm³/mol. The highest BCUT2D eigenvalue weighted by atomic mass is 16.6. The molecule has 0 bridgehead atoms. The summed E-state index contributed by atoms with van der Waals surface area (Å²) in [6, 6.07) is 4.43. The summed E-state index contributed by atoms with van der Waals surface area (Å²) in [6.45, 7) is 3.93. The molecule has 0 aliphatic carbocycles. The van der Waals surface area contributed by atoms with Crippen molar-refractivity contribution in [2.45, 2.75) is 19.8 Å². The Labute approximate surface area is 103 Å². The molecule has 94 valence electrons. The molecule has 7 heteroatoms. The maximum Gasteiger partial charge on any atom is 0.270 e. The van der Waals surface area contributed by atoms with Gasteiger partial charge in [0.05, 0.1) is 15.8 Å². The lowest BCUT2D eigenvalue weighted by molar-refractivity contribution is -0.384. The topological polar surface area (TPSA) is 107 Å². The summed E-state index contributed by atoms with van der Waals surface area (Å²) < 4.78 is 0. The van der Waals surface area contributed by atoms with Gasteiger partial charge >= 0.3 is 0 Å². The molecule has 0 spiro atoms. The first-order chi connectivity index (χ1) is 8.52. The Bertz CT molecular complexity index is 612. The molecule has 0 fully saturated rings. The van der Waals surface area contributed by atoms with Crippen molar-refractivity contribution in [3.05, 3.63) is 34.1 Å². The Hall–Kier alpha value is -2.28. The predicted octanol–water partition coefficient (Wildman–Crippen LogP) is 1.95. The lowest BCUT2D eigenvalue weighted by atomic mass is 10.1. The van der Waals surface area contributed by atoms with E-state index in [4.69, 9.17) is 5.84 Å². The van der Waals surface area contributed by atoms with Gasteiger partial charge in [0.15, 0.2) is 5.82 Å². The number of anilines is 1. The average molecular weight is 247 g/mol. The normalized spacial score (nSPS) is 10.9. The second-order valence-electron chi connectivity index (χ2n) is 4.19. The molecule has 3 N–H and O–H groups in total. The Morgan fingerprint density at radius 1 is 1.39 bits per heavy atom. The van der Waals surface area contributed by atoms with Crippen molar-refractivity contribution in [3.63, 3.8) is 0 Å². The first-order valence-corrected chi connectivity index (χ1v) is 5.45. The average Bonchev–Trinajstić information content (AvgIpc) is 2.36. The smallest absolute Gasteiger partial charge is 0.270 e. The molecule has 0 saturated heterocycles. The molecular formula is C11H13N5O2. The van der Waals surface area contributed by atoms with Crippen molar-refractivity contribution in [1.82, 2.24) is 9.97 Å². The van der Waals surface area contributed by atoms with Crippen molar-refractivity contribution >= 4 is 22.4 Å². The van der Waals surface area contributed by atoms with Crippen LogP contribution in [0.3, 0.4) is 0 Å². The Morgan fingerprint density at radius 3 is 2.67 bits per heavy atom. The quantitative estimate of drug-likeness (QED) is 0.487. The maximum atomic E-state index is 10.7. The zero-order chi connectivity index (χ0) is 13.3. The number of fused-ring (bicyclic) bond motifs is 1. The lowest BCUT2D eigenvalue weighted by Crippen LogP contribution is -2.11. The van der Waals surface area contributed by atoms with Crippen LogP contribution in [-0.2, 0) is 0 Å². The molecule has 0 aliphatic rings. The minimum Gasteiger partial charge on any atom is -0.308 e. The number of hydrogen-bond donors (Lipinski definition) is 2. The van der Waals surface area contributed by atoms with E-state index in [9.17, 15) is 10.1 Å². The van der Waals surface area contributed by atoms with E-state index in [1.165, 1.54) is 12.1 Å². The summed E-state index contributed by atoms with van der Waals surface area (Å²) in [7, 11) is 0. The van der Waals surface area contributed by atoms with E-state index in [-0.39, 0.29) is 11.6 Å². The number of aromatic nitrogens is 2. The van der Waals surface area contributed by atoms with E-state index in [1.807, 2.05) is 13.8 Å². The van der Waals surface area contributed by atoms with Crippen LogP contribution in [0.25, 0.3) is 10.9 Å². The number of hydrogen-bond acceptors (Lipinski definition) is 6. The number of nitrogen functional groups attached to an aromatic ring is 1. The van der Waals surface area contributed by atoms with E-state index in [1.54, 1.807) is 6.07 Å². The molecule has 1 aromatic heterocycles. The van der Waals surface area contributed by atoms with Gasteiger partial charge < -0.3 is 5.43 Å². The van der Waals surface area contributed by atoms with Crippen molar-refractivity contribution in [2.75, 3.05) is 5.43 Å². The molecule has 0 amide bonds. The molecule has 0 saturated carbocycles. The monoisotopic (exact) mass is 247 g/mol. The van der Waals surface area contributed by atoms with Gasteiger partial charge in [-0.2, -0.15) is 0 Å². The molecule has 0 radical (unpaired) electrons. The first kappa shape index (κ1) is 12.2. The number of non-ortho nitro benzene ring substituents is 1. The van der Waals surface area contributed by atoms with Crippen LogP contribution in [0.15, 0.2) is 18.2 Å². The van der Waals surface area contributed by atoms with E-state index < -0.39 is 4.92 Å². The Balaban J connectivity index is 2.71. The van der Waals surface area contributed by atoms with E-state index in [0.717, 1.165) is 0 Å². The summed E-state index contributed by atoms with van der Waals surface area (Å²) >= 11 is 0. The van der Waals surface area contributed by atoms with Gasteiger partial charge in [-0.3, -0.25) is 10.1 Å².